The van der Waals surface area contributed by atoms with Crippen LogP contribution in [0.3, 0.4) is 0 Å². The molecule has 1 aromatic rings. The predicted octanol–water partition coefficient (Wildman–Crippen LogP) is 0.753. The number of hydrogen-bond acceptors (Lipinski definition) is 5. The van der Waals surface area contributed by atoms with Crippen molar-refractivity contribution in [1.82, 2.24) is 9.79 Å². The first-order valence-corrected chi connectivity index (χ1v) is 7.89. The van der Waals surface area contributed by atoms with Crippen molar-refractivity contribution in [1.29, 1.82) is 0 Å². The van der Waals surface area contributed by atoms with E-state index in [1.165, 1.54) is 26.3 Å². The molecule has 1 N–H and O–H groups in total. The molecule has 0 unspecified atom stereocenters. The summed E-state index contributed by atoms with van der Waals surface area (Å²) in [6, 6.07) is 2.89. The van der Waals surface area contributed by atoms with Crippen LogP contribution in [0.15, 0.2) is 21.5 Å². The second-order valence-electron chi connectivity index (χ2n) is 3.98. The van der Waals surface area contributed by atoms with Crippen LogP contribution in [-0.4, -0.2) is 46.1 Å². The van der Waals surface area contributed by atoms with Crippen LogP contribution >= 0.6 is 15.9 Å². The molecular weight excluding hydrogens is 352 g/mol. The highest BCUT2D eigenvalue weighted by atomic mass is 79.9. The Hall–Kier alpha value is -1.16. The molecule has 1 aliphatic heterocycles. The highest BCUT2D eigenvalue weighted by molar-refractivity contribution is 9.10. The molecule has 2 rings (SSSR count). The average Bonchev–Trinajstić information content (AvgIpc) is 2.59. The van der Waals surface area contributed by atoms with Gasteiger partial charge in [-0.05, 0) is 12.1 Å². The number of hydrogen-bond donors (Lipinski definition) is 1. The van der Waals surface area contributed by atoms with Gasteiger partial charge in [-0.3, -0.25) is 9.63 Å². The molecule has 9 heteroatoms. The van der Waals surface area contributed by atoms with Crippen LogP contribution in [0, 0.1) is 0 Å². The summed E-state index contributed by atoms with van der Waals surface area (Å²) in [6.07, 6.45) is 0. The van der Waals surface area contributed by atoms with E-state index in [1.807, 2.05) is 0 Å². The van der Waals surface area contributed by atoms with Gasteiger partial charge in [0.1, 0.15) is 11.5 Å². The van der Waals surface area contributed by atoms with Crippen molar-refractivity contribution in [2.45, 2.75) is 4.90 Å². The number of carbonyl (C=O) groups excluding carboxylic acids is 1. The van der Waals surface area contributed by atoms with Gasteiger partial charge in [0.25, 0.3) is 15.9 Å². The summed E-state index contributed by atoms with van der Waals surface area (Å²) in [7, 11) is -1.42. The first-order chi connectivity index (χ1) is 9.37. The molecular formula is C11H13BrN2O5S. The zero-order valence-electron chi connectivity index (χ0n) is 10.8. The van der Waals surface area contributed by atoms with E-state index in [0.717, 1.165) is 0 Å². The number of nitrogens with one attached hydrogen (secondary N) is 1. The molecule has 1 amide bonds. The standard InChI is InChI=1S/C11H13BrN2O5S/c1-14(18-2)20(16,17)9-6-7(12)5-8-10(9)19-4-3-13-11(8)15/h5-6H,3-4H2,1-2H3,(H,13,15). The molecule has 1 heterocycles. The van der Waals surface area contributed by atoms with E-state index in [0.29, 0.717) is 15.5 Å². The Morgan fingerprint density at radius 2 is 2.15 bits per heavy atom. The largest absolute Gasteiger partial charge is 0.489 e. The highest BCUT2D eigenvalue weighted by Crippen LogP contribution is 2.34. The van der Waals surface area contributed by atoms with Gasteiger partial charge in [0.05, 0.1) is 19.2 Å². The van der Waals surface area contributed by atoms with Gasteiger partial charge in [-0.15, -0.1) is 0 Å². The van der Waals surface area contributed by atoms with Gasteiger partial charge in [0, 0.05) is 11.5 Å². The third-order valence-electron chi connectivity index (χ3n) is 2.77. The second kappa shape index (κ2) is 5.68. The number of rotatable bonds is 3. The Kier molecular flexibility index (Phi) is 4.33. The van der Waals surface area contributed by atoms with Crippen molar-refractivity contribution in [3.8, 4) is 5.75 Å². The summed E-state index contributed by atoms with van der Waals surface area (Å²) in [5, 5.41) is 2.63. The smallest absolute Gasteiger partial charge is 0.268 e. The van der Waals surface area contributed by atoms with Crippen LogP contribution < -0.4 is 10.1 Å². The number of benzene rings is 1. The summed E-state index contributed by atoms with van der Waals surface area (Å²) in [6.45, 7) is 0.504. The summed E-state index contributed by atoms with van der Waals surface area (Å²) in [4.78, 5) is 16.5. The minimum atomic E-state index is -3.92. The zero-order valence-corrected chi connectivity index (χ0v) is 13.2. The summed E-state index contributed by atoms with van der Waals surface area (Å²) in [5.74, 6) is -0.345. The van der Waals surface area contributed by atoms with Gasteiger partial charge < -0.3 is 10.1 Å². The molecule has 0 saturated heterocycles. The monoisotopic (exact) mass is 364 g/mol. The third-order valence-corrected chi connectivity index (χ3v) is 4.91. The lowest BCUT2D eigenvalue weighted by Crippen LogP contribution is -2.26. The molecule has 0 radical (unpaired) electrons. The summed E-state index contributed by atoms with van der Waals surface area (Å²) < 4.78 is 31.3. The van der Waals surface area contributed by atoms with Crippen LogP contribution in [0.5, 0.6) is 5.75 Å². The van der Waals surface area contributed by atoms with Crippen LogP contribution in [0.2, 0.25) is 0 Å². The Balaban J connectivity index is 2.69. The fourth-order valence-corrected chi connectivity index (χ4v) is 3.49. The molecule has 20 heavy (non-hydrogen) atoms. The van der Waals surface area contributed by atoms with Crippen LogP contribution in [0.4, 0.5) is 0 Å². The van der Waals surface area contributed by atoms with Gasteiger partial charge in [-0.2, -0.15) is 0 Å². The van der Waals surface area contributed by atoms with Gasteiger partial charge in [0.15, 0.2) is 5.75 Å². The molecule has 0 bridgehead atoms. The van der Waals surface area contributed by atoms with Crippen LogP contribution in [-0.2, 0) is 14.9 Å². The van der Waals surface area contributed by atoms with Gasteiger partial charge in [-0.25, -0.2) is 8.42 Å². The lowest BCUT2D eigenvalue weighted by atomic mass is 10.2. The SMILES string of the molecule is CON(C)S(=O)(=O)c1cc(Br)cc2c1OCCNC2=O. The van der Waals surface area contributed by atoms with Crippen molar-refractivity contribution < 1.29 is 22.8 Å². The van der Waals surface area contributed by atoms with Crippen LogP contribution in [0.25, 0.3) is 0 Å². The Bertz CT molecular complexity index is 646. The molecule has 1 aromatic carbocycles. The van der Waals surface area contributed by atoms with E-state index in [2.05, 4.69) is 21.2 Å². The fourth-order valence-electron chi connectivity index (χ4n) is 1.73. The molecule has 0 aromatic heterocycles. The third kappa shape index (κ3) is 2.66. The molecule has 7 nitrogen and oxygen atoms in total. The number of sulfonamides is 1. The number of amides is 1. The second-order valence-corrected chi connectivity index (χ2v) is 6.80. The maximum atomic E-state index is 12.4. The first-order valence-electron chi connectivity index (χ1n) is 5.65. The molecule has 1 aliphatic rings. The normalized spacial score (nSPS) is 15.3. The van der Waals surface area contributed by atoms with Crippen molar-refractivity contribution >= 4 is 31.9 Å². The average molecular weight is 365 g/mol. The minimum absolute atomic E-state index is 0.0344. The number of nitrogens with zero attached hydrogens (tertiary/aromatic N) is 1. The Morgan fingerprint density at radius 1 is 1.45 bits per heavy atom. The van der Waals surface area contributed by atoms with Crippen molar-refractivity contribution in [2.24, 2.45) is 0 Å². The minimum Gasteiger partial charge on any atom is -0.489 e. The highest BCUT2D eigenvalue weighted by Gasteiger charge is 2.30. The van der Waals surface area contributed by atoms with Gasteiger partial charge in [0.2, 0.25) is 0 Å². The summed E-state index contributed by atoms with van der Waals surface area (Å²) >= 11 is 3.20. The lowest BCUT2D eigenvalue weighted by molar-refractivity contribution is -0.0260. The quantitative estimate of drug-likeness (QED) is 0.800. The number of ether oxygens (including phenoxy) is 1. The molecule has 110 valence electrons. The van der Waals surface area contributed by atoms with E-state index in [4.69, 9.17) is 9.57 Å². The Labute approximate surface area is 125 Å². The molecule has 0 atom stereocenters. The number of carbonyl (C=O) groups is 1. The number of halogens is 1. The first kappa shape index (κ1) is 15.2. The zero-order chi connectivity index (χ0) is 14.9. The predicted molar refractivity (Wildman–Crippen MR) is 73.9 cm³/mol. The molecule has 0 aliphatic carbocycles. The van der Waals surface area contributed by atoms with Gasteiger partial charge >= 0.3 is 0 Å². The molecule has 0 fully saturated rings. The van der Waals surface area contributed by atoms with Gasteiger partial charge in [-0.1, -0.05) is 20.4 Å². The summed E-state index contributed by atoms with van der Waals surface area (Å²) in [5.41, 5.74) is 0.167. The topological polar surface area (TPSA) is 84.9 Å². The number of fused-ring (bicyclic) bond motifs is 1. The van der Waals surface area contributed by atoms with Crippen molar-refractivity contribution in [3.63, 3.8) is 0 Å². The fraction of sp³-hybridized carbons (Fsp3) is 0.364. The van der Waals surface area contributed by atoms with E-state index in [-0.39, 0.29) is 28.7 Å². The van der Waals surface area contributed by atoms with Crippen LogP contribution in [0.1, 0.15) is 10.4 Å². The van der Waals surface area contributed by atoms with Crippen molar-refractivity contribution in [3.05, 3.63) is 22.2 Å². The van der Waals surface area contributed by atoms with E-state index in [9.17, 15) is 13.2 Å². The van der Waals surface area contributed by atoms with E-state index in [1.54, 1.807) is 0 Å². The maximum Gasteiger partial charge on any atom is 0.268 e. The van der Waals surface area contributed by atoms with E-state index < -0.39 is 10.0 Å². The lowest BCUT2D eigenvalue weighted by Gasteiger charge is -2.18. The van der Waals surface area contributed by atoms with Crippen molar-refractivity contribution in [2.75, 3.05) is 27.3 Å². The maximum absolute atomic E-state index is 12.4. The molecule has 0 saturated carbocycles. The van der Waals surface area contributed by atoms with E-state index >= 15 is 0 Å². The number of hydroxylamine groups is 1. The molecule has 0 spiro atoms. The Morgan fingerprint density at radius 3 is 2.80 bits per heavy atom.